The molecule has 2 unspecified atom stereocenters. The minimum absolute atomic E-state index is 0.0222. The Morgan fingerprint density at radius 3 is 2.43 bits per heavy atom. The highest BCUT2D eigenvalue weighted by Gasteiger charge is 2.44. The van der Waals surface area contributed by atoms with Crippen LogP contribution in [0, 0.1) is 11.8 Å². The smallest absolute Gasteiger partial charge is 0.385 e. The van der Waals surface area contributed by atoms with Crippen LogP contribution in [0.1, 0.15) is 32.6 Å². The van der Waals surface area contributed by atoms with Crippen molar-refractivity contribution in [1.29, 1.82) is 0 Å². The predicted molar refractivity (Wildman–Crippen MR) is 71.6 cm³/mol. The second-order valence-corrected chi connectivity index (χ2v) is 5.69. The van der Waals surface area contributed by atoms with Crippen molar-refractivity contribution in [1.82, 2.24) is 4.90 Å². The summed E-state index contributed by atoms with van der Waals surface area (Å²) in [6.45, 7) is 2.99. The Bertz CT molecular complexity index is 328. The average Bonchev–Trinajstić information content (AvgIpc) is 2.45. The van der Waals surface area contributed by atoms with Gasteiger partial charge in [0, 0.05) is 32.7 Å². The Kier molecular flexibility index (Phi) is 6.93. The number of ether oxygens (including phenoxy) is 1. The highest BCUT2D eigenvalue weighted by atomic mass is 19.4. The third kappa shape index (κ3) is 5.47. The summed E-state index contributed by atoms with van der Waals surface area (Å²) >= 11 is 0. The summed E-state index contributed by atoms with van der Waals surface area (Å²) in [6.07, 6.45) is -4.99. The van der Waals surface area contributed by atoms with Gasteiger partial charge in [0.15, 0.2) is 6.10 Å². The van der Waals surface area contributed by atoms with Crippen molar-refractivity contribution in [3.05, 3.63) is 0 Å². The van der Waals surface area contributed by atoms with E-state index in [1.807, 2.05) is 6.92 Å². The Morgan fingerprint density at radius 2 is 1.95 bits per heavy atom. The number of aliphatic hydroxyl groups excluding tert-OH is 1. The molecule has 1 aliphatic rings. The number of nitrogens with zero attached hydrogens (tertiary/aromatic N) is 1. The van der Waals surface area contributed by atoms with Crippen LogP contribution in [0.3, 0.4) is 0 Å². The molecule has 0 aliphatic carbocycles. The number of halogens is 3. The van der Waals surface area contributed by atoms with Gasteiger partial charge in [-0.2, -0.15) is 13.2 Å². The second kappa shape index (κ2) is 7.98. The largest absolute Gasteiger partial charge is 0.414 e. The summed E-state index contributed by atoms with van der Waals surface area (Å²) in [7, 11) is 1.60. The van der Waals surface area contributed by atoms with Gasteiger partial charge in [0.05, 0.1) is 0 Å². The summed E-state index contributed by atoms with van der Waals surface area (Å²) in [5, 5.41) is 9.25. The van der Waals surface area contributed by atoms with Gasteiger partial charge in [-0.05, 0) is 31.6 Å². The fourth-order valence-electron chi connectivity index (χ4n) is 2.67. The van der Waals surface area contributed by atoms with E-state index < -0.39 is 18.2 Å². The normalized spacial score (nSPS) is 20.4. The minimum atomic E-state index is -4.58. The Labute approximate surface area is 123 Å². The molecule has 1 amide bonds. The number of methoxy groups -OCH3 is 1. The molecule has 1 N–H and O–H groups in total. The summed E-state index contributed by atoms with van der Waals surface area (Å²) in [5.41, 5.74) is 0. The molecule has 1 heterocycles. The number of hydrogen-bond donors (Lipinski definition) is 1. The average molecular weight is 311 g/mol. The van der Waals surface area contributed by atoms with E-state index in [0.29, 0.717) is 13.0 Å². The van der Waals surface area contributed by atoms with Gasteiger partial charge in [-0.15, -0.1) is 0 Å². The molecule has 0 aromatic carbocycles. The van der Waals surface area contributed by atoms with Crippen LogP contribution in [0.5, 0.6) is 0 Å². The third-order valence-corrected chi connectivity index (χ3v) is 4.04. The minimum Gasteiger partial charge on any atom is -0.385 e. The number of amides is 1. The number of piperidine rings is 1. The first-order valence-corrected chi connectivity index (χ1v) is 7.30. The summed E-state index contributed by atoms with van der Waals surface area (Å²) < 4.78 is 42.3. The quantitative estimate of drug-likeness (QED) is 0.765. The molecule has 7 heteroatoms. The zero-order chi connectivity index (χ0) is 16.0. The van der Waals surface area contributed by atoms with Gasteiger partial charge in [0.25, 0.3) is 0 Å². The number of carbonyl (C=O) groups excluding carboxylic acids is 1. The van der Waals surface area contributed by atoms with Crippen molar-refractivity contribution in [2.75, 3.05) is 26.8 Å². The van der Waals surface area contributed by atoms with E-state index in [9.17, 15) is 23.1 Å². The first-order valence-electron chi connectivity index (χ1n) is 7.30. The number of carbonyl (C=O) groups is 1. The van der Waals surface area contributed by atoms with Crippen molar-refractivity contribution < 1.29 is 27.8 Å². The van der Waals surface area contributed by atoms with E-state index in [1.54, 1.807) is 12.0 Å². The van der Waals surface area contributed by atoms with Crippen LogP contribution in [0.2, 0.25) is 0 Å². The standard InChI is InChI=1S/C14H24F3NO3/c1-10(4-3-9-21-2)13(20)18-7-5-11(6-8-18)12(19)14(15,16)17/h10-12,19H,3-9H2,1-2H3. The fraction of sp³-hybridized carbons (Fsp3) is 0.929. The van der Waals surface area contributed by atoms with Crippen LogP contribution in [0.15, 0.2) is 0 Å². The van der Waals surface area contributed by atoms with Gasteiger partial charge < -0.3 is 14.7 Å². The van der Waals surface area contributed by atoms with Crippen molar-refractivity contribution >= 4 is 5.91 Å². The van der Waals surface area contributed by atoms with Crippen molar-refractivity contribution in [3.63, 3.8) is 0 Å². The molecule has 1 fully saturated rings. The number of rotatable bonds is 6. The van der Waals surface area contributed by atoms with Crippen LogP contribution < -0.4 is 0 Å². The predicted octanol–water partition coefficient (Wildman–Crippen LogP) is 2.21. The zero-order valence-corrected chi connectivity index (χ0v) is 12.5. The lowest BCUT2D eigenvalue weighted by Gasteiger charge is -2.36. The van der Waals surface area contributed by atoms with E-state index in [1.165, 1.54) is 0 Å². The molecule has 0 bridgehead atoms. The number of alkyl halides is 3. The molecule has 0 saturated carbocycles. The van der Waals surface area contributed by atoms with Gasteiger partial charge in [-0.25, -0.2) is 0 Å². The number of hydrogen-bond acceptors (Lipinski definition) is 3. The van der Waals surface area contributed by atoms with Crippen molar-refractivity contribution in [3.8, 4) is 0 Å². The first kappa shape index (κ1) is 18.2. The second-order valence-electron chi connectivity index (χ2n) is 5.69. The molecular formula is C14H24F3NO3. The fourth-order valence-corrected chi connectivity index (χ4v) is 2.67. The van der Waals surface area contributed by atoms with Crippen LogP contribution in [-0.4, -0.2) is 55.0 Å². The van der Waals surface area contributed by atoms with Crippen LogP contribution in [0.4, 0.5) is 13.2 Å². The van der Waals surface area contributed by atoms with E-state index in [2.05, 4.69) is 0 Å². The van der Waals surface area contributed by atoms with Crippen molar-refractivity contribution in [2.24, 2.45) is 11.8 Å². The Balaban J connectivity index is 2.40. The molecule has 0 aromatic rings. The van der Waals surface area contributed by atoms with Gasteiger partial charge in [0.1, 0.15) is 0 Å². The van der Waals surface area contributed by atoms with E-state index >= 15 is 0 Å². The van der Waals surface area contributed by atoms with E-state index in [4.69, 9.17) is 4.74 Å². The molecule has 1 rings (SSSR count). The molecular weight excluding hydrogens is 287 g/mol. The molecule has 21 heavy (non-hydrogen) atoms. The SMILES string of the molecule is COCCCC(C)C(=O)N1CCC(C(O)C(F)(F)F)CC1. The van der Waals surface area contributed by atoms with Crippen molar-refractivity contribution in [2.45, 2.75) is 44.9 Å². The lowest BCUT2D eigenvalue weighted by Crippen LogP contribution is -2.46. The van der Waals surface area contributed by atoms with Crippen LogP contribution >= 0.6 is 0 Å². The number of aliphatic hydroxyl groups is 1. The lowest BCUT2D eigenvalue weighted by molar-refractivity contribution is -0.223. The van der Waals surface area contributed by atoms with E-state index in [0.717, 1.165) is 6.42 Å². The maximum absolute atomic E-state index is 12.4. The summed E-state index contributed by atoms with van der Waals surface area (Å²) in [4.78, 5) is 13.8. The van der Waals surface area contributed by atoms with Gasteiger partial charge in [-0.1, -0.05) is 6.92 Å². The molecule has 124 valence electrons. The highest BCUT2D eigenvalue weighted by Crippen LogP contribution is 2.32. The maximum Gasteiger partial charge on any atom is 0.414 e. The first-order chi connectivity index (χ1) is 9.77. The Morgan fingerprint density at radius 1 is 1.38 bits per heavy atom. The Hall–Kier alpha value is -0.820. The monoisotopic (exact) mass is 311 g/mol. The topological polar surface area (TPSA) is 49.8 Å². The summed E-state index contributed by atoms with van der Waals surface area (Å²) in [6, 6.07) is 0. The molecule has 0 aromatic heterocycles. The maximum atomic E-state index is 12.4. The molecule has 0 spiro atoms. The van der Waals surface area contributed by atoms with E-state index in [-0.39, 0.29) is 37.8 Å². The molecule has 2 atom stereocenters. The zero-order valence-electron chi connectivity index (χ0n) is 12.5. The van der Waals surface area contributed by atoms with Crippen LogP contribution in [0.25, 0.3) is 0 Å². The lowest BCUT2D eigenvalue weighted by atomic mass is 9.90. The molecule has 1 aliphatic heterocycles. The number of likely N-dealkylation sites (tertiary alicyclic amines) is 1. The third-order valence-electron chi connectivity index (χ3n) is 4.04. The molecule has 0 radical (unpaired) electrons. The van der Waals surface area contributed by atoms with Crippen LogP contribution in [-0.2, 0) is 9.53 Å². The molecule has 1 saturated heterocycles. The molecule has 4 nitrogen and oxygen atoms in total. The van der Waals surface area contributed by atoms with Gasteiger partial charge in [-0.3, -0.25) is 4.79 Å². The summed E-state index contributed by atoms with van der Waals surface area (Å²) in [5.74, 6) is -0.979. The van der Waals surface area contributed by atoms with Gasteiger partial charge in [0.2, 0.25) is 5.91 Å². The highest BCUT2D eigenvalue weighted by molar-refractivity contribution is 5.78. The van der Waals surface area contributed by atoms with Gasteiger partial charge >= 0.3 is 6.18 Å².